The molecule has 0 saturated heterocycles. The van der Waals surface area contributed by atoms with Crippen molar-refractivity contribution in [2.24, 2.45) is 10.8 Å². The smallest absolute Gasteiger partial charge is 0.309 e. The fourth-order valence-electron chi connectivity index (χ4n) is 3.95. The molecule has 2 N–H and O–H groups in total. The molecule has 0 atom stereocenters. The quantitative estimate of drug-likeness (QED) is 0.880. The minimum Gasteiger partial charge on any atom is -0.481 e. The Morgan fingerprint density at radius 1 is 1.09 bits per heavy atom. The summed E-state index contributed by atoms with van der Waals surface area (Å²) in [4.78, 5) is 32.4. The number of carboxylic acid groups (broad SMARTS) is 1. The van der Waals surface area contributed by atoms with Crippen molar-refractivity contribution >= 4 is 23.5 Å². The third-order valence-electron chi connectivity index (χ3n) is 5.55. The number of carbonyl (C=O) groups excluding carboxylic acids is 1. The summed E-state index contributed by atoms with van der Waals surface area (Å²) in [5.41, 5.74) is -0.512. The monoisotopic (exact) mass is 337 g/mol. The van der Waals surface area contributed by atoms with E-state index < -0.39 is 16.8 Å². The fourth-order valence-corrected chi connectivity index (χ4v) is 4.13. The minimum absolute atomic E-state index is 0.0138. The maximum Gasteiger partial charge on any atom is 0.309 e. The first-order valence-corrected chi connectivity index (χ1v) is 8.32. The number of hydrogen-bond donors (Lipinski definition) is 2. The van der Waals surface area contributed by atoms with E-state index in [1.54, 1.807) is 6.20 Å². The van der Waals surface area contributed by atoms with Gasteiger partial charge in [0.2, 0.25) is 5.91 Å². The van der Waals surface area contributed by atoms with Crippen LogP contribution in [0.5, 0.6) is 0 Å². The van der Waals surface area contributed by atoms with Crippen LogP contribution in [-0.2, 0) is 16.1 Å². The van der Waals surface area contributed by atoms with Crippen molar-refractivity contribution < 1.29 is 14.7 Å². The minimum atomic E-state index is -0.709. The van der Waals surface area contributed by atoms with Gasteiger partial charge in [-0.1, -0.05) is 18.0 Å². The van der Waals surface area contributed by atoms with Crippen LogP contribution in [0.2, 0.25) is 5.15 Å². The molecule has 1 heterocycles. The standard InChI is InChI=1S/C16H20ClN3O3/c17-12-11(18-8-9-19-12)10-20-13(21)15-2-1-3-16(6-4-15,7-5-15)14(22)23/h8-9H,1-7,10H2,(H,20,21)(H,22,23). The third kappa shape index (κ3) is 2.92. The molecule has 23 heavy (non-hydrogen) atoms. The van der Waals surface area contributed by atoms with Crippen LogP contribution in [0.3, 0.4) is 0 Å². The highest BCUT2D eigenvalue weighted by molar-refractivity contribution is 6.29. The van der Waals surface area contributed by atoms with E-state index >= 15 is 0 Å². The molecule has 3 aliphatic carbocycles. The van der Waals surface area contributed by atoms with E-state index in [1.807, 2.05) is 0 Å². The average Bonchev–Trinajstić information content (AvgIpc) is 2.86. The third-order valence-corrected chi connectivity index (χ3v) is 5.87. The summed E-state index contributed by atoms with van der Waals surface area (Å²) in [5, 5.41) is 12.7. The van der Waals surface area contributed by atoms with Crippen LogP contribution < -0.4 is 5.32 Å². The van der Waals surface area contributed by atoms with Crippen molar-refractivity contribution in [2.45, 2.75) is 51.5 Å². The Morgan fingerprint density at radius 3 is 2.35 bits per heavy atom. The summed E-state index contributed by atoms with van der Waals surface area (Å²) in [5.74, 6) is -0.722. The van der Waals surface area contributed by atoms with E-state index in [-0.39, 0.29) is 12.5 Å². The second-order valence-electron chi connectivity index (χ2n) is 6.70. The molecule has 3 fully saturated rings. The van der Waals surface area contributed by atoms with Gasteiger partial charge in [-0.05, 0) is 38.5 Å². The van der Waals surface area contributed by atoms with E-state index in [2.05, 4.69) is 15.3 Å². The molecule has 1 aromatic heterocycles. The Balaban J connectivity index is 1.68. The number of nitrogens with zero attached hydrogens (tertiary/aromatic N) is 2. The molecular weight excluding hydrogens is 318 g/mol. The van der Waals surface area contributed by atoms with Crippen LogP contribution in [0.1, 0.15) is 50.6 Å². The van der Waals surface area contributed by atoms with Gasteiger partial charge in [0.25, 0.3) is 0 Å². The van der Waals surface area contributed by atoms with Gasteiger partial charge in [-0.25, -0.2) is 4.98 Å². The van der Waals surface area contributed by atoms with Gasteiger partial charge in [-0.2, -0.15) is 0 Å². The number of rotatable bonds is 4. The summed E-state index contributed by atoms with van der Waals surface area (Å²) in [7, 11) is 0. The lowest BCUT2D eigenvalue weighted by atomic mass is 9.65. The van der Waals surface area contributed by atoms with E-state index in [4.69, 9.17) is 11.6 Å². The van der Waals surface area contributed by atoms with Crippen LogP contribution >= 0.6 is 11.6 Å². The van der Waals surface area contributed by atoms with Crippen LogP contribution in [0.15, 0.2) is 12.4 Å². The molecule has 3 saturated carbocycles. The Kier molecular flexibility index (Phi) is 4.27. The maximum atomic E-state index is 12.7. The van der Waals surface area contributed by atoms with Crippen molar-refractivity contribution in [2.75, 3.05) is 0 Å². The van der Waals surface area contributed by atoms with Gasteiger partial charge >= 0.3 is 5.97 Å². The van der Waals surface area contributed by atoms with Crippen LogP contribution in [0.25, 0.3) is 0 Å². The summed E-state index contributed by atoms with van der Waals surface area (Å²) in [6.07, 6.45) is 7.70. The van der Waals surface area contributed by atoms with E-state index in [0.717, 1.165) is 12.8 Å². The maximum absolute atomic E-state index is 12.7. The number of aliphatic carboxylic acids is 1. The topological polar surface area (TPSA) is 92.2 Å². The molecule has 3 aliphatic rings. The van der Waals surface area contributed by atoms with Gasteiger partial charge in [-0.15, -0.1) is 0 Å². The molecule has 124 valence electrons. The summed E-state index contributed by atoms with van der Waals surface area (Å²) < 4.78 is 0. The molecule has 2 bridgehead atoms. The number of halogens is 1. The average molecular weight is 338 g/mol. The molecule has 1 aromatic rings. The van der Waals surface area contributed by atoms with Crippen molar-refractivity contribution in [1.82, 2.24) is 15.3 Å². The molecule has 0 radical (unpaired) electrons. The lowest BCUT2D eigenvalue weighted by molar-refractivity contribution is -0.153. The lowest BCUT2D eigenvalue weighted by Gasteiger charge is -2.39. The van der Waals surface area contributed by atoms with Gasteiger partial charge in [-0.3, -0.25) is 14.6 Å². The summed E-state index contributed by atoms with van der Waals surface area (Å²) in [6, 6.07) is 0. The van der Waals surface area contributed by atoms with Gasteiger partial charge < -0.3 is 10.4 Å². The summed E-state index contributed by atoms with van der Waals surface area (Å²) >= 11 is 5.96. The molecule has 0 unspecified atom stereocenters. The number of nitrogens with one attached hydrogen (secondary N) is 1. The highest BCUT2D eigenvalue weighted by atomic mass is 35.5. The first kappa shape index (κ1) is 16.2. The SMILES string of the molecule is O=C(O)C12CCCC(C(=O)NCc3nccnc3Cl)(CC1)CC2. The molecule has 7 heteroatoms. The lowest BCUT2D eigenvalue weighted by Crippen LogP contribution is -2.45. The highest BCUT2D eigenvalue weighted by Crippen LogP contribution is 2.54. The number of carboxylic acids is 1. The first-order chi connectivity index (χ1) is 11.0. The van der Waals surface area contributed by atoms with E-state index in [9.17, 15) is 14.7 Å². The van der Waals surface area contributed by atoms with Crippen LogP contribution in [-0.4, -0.2) is 27.0 Å². The molecule has 4 rings (SSSR count). The predicted molar refractivity (Wildman–Crippen MR) is 83.7 cm³/mol. The van der Waals surface area contributed by atoms with Gasteiger partial charge in [0.1, 0.15) is 0 Å². The number of hydrogen-bond acceptors (Lipinski definition) is 4. The van der Waals surface area contributed by atoms with Gasteiger partial charge in [0.15, 0.2) is 5.15 Å². The number of amides is 1. The Labute approximate surface area is 139 Å². The second kappa shape index (κ2) is 6.07. The largest absolute Gasteiger partial charge is 0.481 e. The van der Waals surface area contributed by atoms with E-state index in [0.29, 0.717) is 43.0 Å². The fraction of sp³-hybridized carbons (Fsp3) is 0.625. The zero-order valence-corrected chi connectivity index (χ0v) is 13.6. The van der Waals surface area contributed by atoms with Gasteiger partial charge in [0.05, 0.1) is 17.7 Å². The molecule has 0 aromatic carbocycles. The van der Waals surface area contributed by atoms with E-state index in [1.165, 1.54) is 6.20 Å². The molecular formula is C16H20ClN3O3. The molecule has 6 nitrogen and oxygen atoms in total. The number of carbonyl (C=O) groups is 2. The van der Waals surface area contributed by atoms with Crippen molar-refractivity contribution in [3.05, 3.63) is 23.2 Å². The molecule has 1 amide bonds. The van der Waals surface area contributed by atoms with Gasteiger partial charge in [0, 0.05) is 17.8 Å². The van der Waals surface area contributed by atoms with Crippen molar-refractivity contribution in [3.63, 3.8) is 0 Å². The Morgan fingerprint density at radius 2 is 1.70 bits per heavy atom. The summed E-state index contributed by atoms with van der Waals surface area (Å²) in [6.45, 7) is 0.247. The first-order valence-electron chi connectivity index (χ1n) is 7.95. The molecule has 0 aliphatic heterocycles. The predicted octanol–water partition coefficient (Wildman–Crippen LogP) is 2.56. The highest BCUT2D eigenvalue weighted by Gasteiger charge is 2.52. The number of aromatic nitrogens is 2. The Bertz CT molecular complexity index is 627. The zero-order chi connectivity index (χ0) is 16.5. The van der Waals surface area contributed by atoms with Crippen LogP contribution in [0.4, 0.5) is 0 Å². The number of fused-ring (bicyclic) bond motifs is 4. The normalized spacial score (nSPS) is 29.8. The Hall–Kier alpha value is -1.69. The van der Waals surface area contributed by atoms with Crippen molar-refractivity contribution in [3.8, 4) is 0 Å². The zero-order valence-electron chi connectivity index (χ0n) is 12.8. The molecule has 0 spiro atoms. The van der Waals surface area contributed by atoms with Crippen molar-refractivity contribution in [1.29, 1.82) is 0 Å². The van der Waals surface area contributed by atoms with Crippen LogP contribution in [0, 0.1) is 10.8 Å². The second-order valence-corrected chi connectivity index (χ2v) is 7.05.